The first-order chi connectivity index (χ1) is 45.1. The normalized spacial score (nSPS) is 29.8. The lowest BCUT2D eigenvalue weighted by Crippen LogP contribution is -2.71. The number of aliphatic hydroxyl groups excluding tert-OH is 1. The van der Waals surface area contributed by atoms with Gasteiger partial charge in [-0.2, -0.15) is 0 Å². The maximum absolute atomic E-state index is 15.4. The van der Waals surface area contributed by atoms with Gasteiger partial charge >= 0.3 is 0 Å². The minimum atomic E-state index is -1.62. The van der Waals surface area contributed by atoms with Gasteiger partial charge in [0.1, 0.15) is 67.0 Å². The number of carbonyl (C=O) groups is 4. The molecule has 0 aromatic heterocycles. The summed E-state index contributed by atoms with van der Waals surface area (Å²) in [5, 5.41) is 12.7. The Hall–Kier alpha value is -8.35. The Kier molecular flexibility index (Phi) is 18.0. The predicted molar refractivity (Wildman–Crippen MR) is 330 cm³/mol. The van der Waals surface area contributed by atoms with Gasteiger partial charge in [0.05, 0.1) is 80.5 Å². The number of aliphatic imine (C=N–C) groups is 1. The molecule has 3 saturated heterocycles. The summed E-state index contributed by atoms with van der Waals surface area (Å²) in [6, 6.07) is 57.0. The Labute approximate surface area is 532 Å². The highest BCUT2D eigenvalue weighted by Gasteiger charge is 2.63. The van der Waals surface area contributed by atoms with Gasteiger partial charge < -0.3 is 62.1 Å². The van der Waals surface area contributed by atoms with Gasteiger partial charge in [0, 0.05) is 19.7 Å². The molecule has 20 heteroatoms. The van der Waals surface area contributed by atoms with Crippen LogP contribution in [0.3, 0.4) is 0 Å². The standard InChI is InChI=1S/C72H70N4O16/c1-74(2)72-73-55-59(92-72)52(40-82-36-43-22-8-3-9-23-43)58(77)62(55)91-71-57(76-67(80)50-34-20-21-35-51(50)68(76)81)63(84-38-45-26-12-5-13-27-45)60(53(87-71)41-83-37-44-24-10-4-11-25-44)90-70-56(75-65(78)48-32-18-19-33-49(48)66(75)79)64(85-39-46-28-14-6-15-29-46)61-54(88-70)42-86-69(89-61)47-30-16-7-17-31-47/h3-35,52-64,69-71,77H,36-42H2,1-2H3/t52-,53-,54-,55+,56-,57-,58-,59+,60-,61-,62-,63+,64+,69?,70+,71+/m1/s1. The zero-order valence-corrected chi connectivity index (χ0v) is 50.6. The second kappa shape index (κ2) is 27.1. The van der Waals surface area contributed by atoms with E-state index in [4.69, 9.17) is 57.1 Å². The van der Waals surface area contributed by atoms with Crippen LogP contribution in [0.1, 0.15) is 75.5 Å². The third kappa shape index (κ3) is 12.2. The molecule has 7 aromatic carbocycles. The lowest BCUT2D eigenvalue weighted by atomic mass is 9.92. The molecule has 474 valence electrons. The maximum atomic E-state index is 15.4. The number of nitrogens with zero attached hydrogens (tertiary/aromatic N) is 4. The van der Waals surface area contributed by atoms with Gasteiger partial charge in [-0.1, -0.05) is 176 Å². The van der Waals surface area contributed by atoms with E-state index in [-0.39, 0.29) is 68.5 Å². The smallest absolute Gasteiger partial charge is 0.287 e. The second-order valence-electron chi connectivity index (χ2n) is 24.1. The number of hydrogen-bond donors (Lipinski definition) is 1. The molecule has 1 N–H and O–H groups in total. The number of rotatable bonds is 21. The molecule has 0 radical (unpaired) electrons. The van der Waals surface area contributed by atoms with Gasteiger partial charge in [-0.15, -0.1) is 0 Å². The van der Waals surface area contributed by atoms with Crippen molar-refractivity contribution in [2.24, 2.45) is 10.9 Å². The molecule has 0 bridgehead atoms. The number of amides is 4. The number of fused-ring (bicyclic) bond motifs is 4. The van der Waals surface area contributed by atoms with Crippen molar-refractivity contribution in [1.29, 1.82) is 0 Å². The van der Waals surface area contributed by atoms with Crippen LogP contribution in [0.4, 0.5) is 0 Å². The largest absolute Gasteiger partial charge is 0.459 e. The zero-order chi connectivity index (χ0) is 62.8. The van der Waals surface area contributed by atoms with Crippen molar-refractivity contribution in [3.05, 3.63) is 250 Å². The Balaban J connectivity index is 0.898. The molecule has 20 nitrogen and oxygen atoms in total. The molecular weight excluding hydrogens is 1180 g/mol. The Morgan fingerprint density at radius 2 is 0.924 bits per heavy atom. The first-order valence-electron chi connectivity index (χ1n) is 31.1. The maximum Gasteiger partial charge on any atom is 0.287 e. The van der Waals surface area contributed by atoms with Gasteiger partial charge in [-0.05, 0) is 46.5 Å². The third-order valence-corrected chi connectivity index (χ3v) is 18.0. The van der Waals surface area contributed by atoms with E-state index in [0.717, 1.165) is 26.5 Å². The molecule has 7 aliphatic rings. The van der Waals surface area contributed by atoms with Crippen LogP contribution >= 0.6 is 0 Å². The van der Waals surface area contributed by atoms with Gasteiger partial charge in [0.15, 0.2) is 18.9 Å². The fourth-order valence-corrected chi connectivity index (χ4v) is 13.5. The van der Waals surface area contributed by atoms with E-state index in [9.17, 15) is 5.11 Å². The number of ether oxygens (including phenoxy) is 11. The average Bonchev–Trinajstić information content (AvgIpc) is 1.66. The van der Waals surface area contributed by atoms with E-state index in [1.807, 2.05) is 152 Å². The molecule has 14 rings (SSSR count). The van der Waals surface area contributed by atoms with Crippen molar-refractivity contribution >= 4 is 29.7 Å². The van der Waals surface area contributed by atoms with Gasteiger partial charge in [0.25, 0.3) is 29.7 Å². The van der Waals surface area contributed by atoms with Crippen LogP contribution in [0.15, 0.2) is 205 Å². The van der Waals surface area contributed by atoms with E-state index in [1.54, 1.807) is 67.5 Å². The first-order valence-corrected chi connectivity index (χ1v) is 31.1. The van der Waals surface area contributed by atoms with Crippen LogP contribution in [-0.2, 0) is 78.5 Å². The first kappa shape index (κ1) is 61.2. The Morgan fingerprint density at radius 1 is 0.489 bits per heavy atom. The fourth-order valence-electron chi connectivity index (χ4n) is 13.5. The molecule has 1 saturated carbocycles. The SMILES string of the molecule is CN(C)C1=N[C@@H]2[C@@H](O[C@@H]3O[C@H](COCc4ccccc4)[C@@H](O[C@@H]4O[C@@H]5COC(c6ccccc6)O[C@H]5[C@@H](OCc5ccccc5)[C@H]4N4C(=O)c5ccccc5C4=O)[C@@H](OCc4ccccc4)[C@H]3N3C(=O)c4ccccc4C3=O)[C@H](O)[C@@H](COCc3ccccc3)[C@@H]2O1. The van der Waals surface area contributed by atoms with E-state index < -0.39 is 121 Å². The van der Waals surface area contributed by atoms with Crippen LogP contribution in [0, 0.1) is 5.92 Å². The molecule has 16 atom stereocenters. The van der Waals surface area contributed by atoms with Gasteiger partial charge in [-0.25, -0.2) is 4.99 Å². The van der Waals surface area contributed by atoms with Crippen molar-refractivity contribution in [1.82, 2.24) is 14.7 Å². The Bertz CT molecular complexity index is 3690. The second-order valence-corrected chi connectivity index (χ2v) is 24.1. The fraction of sp³-hybridized carbons (Fsp3) is 0.347. The summed E-state index contributed by atoms with van der Waals surface area (Å²) in [6.45, 7) is 0.000455. The van der Waals surface area contributed by atoms with Crippen LogP contribution < -0.4 is 0 Å². The number of imide groups is 2. The van der Waals surface area contributed by atoms with Crippen LogP contribution in [0.5, 0.6) is 0 Å². The molecule has 6 aliphatic heterocycles. The number of hydrogen-bond acceptors (Lipinski definition) is 18. The molecule has 4 fully saturated rings. The summed E-state index contributed by atoms with van der Waals surface area (Å²) in [5.41, 5.74) is 4.57. The monoisotopic (exact) mass is 1250 g/mol. The van der Waals surface area contributed by atoms with E-state index in [0.29, 0.717) is 17.1 Å². The summed E-state index contributed by atoms with van der Waals surface area (Å²) in [4.78, 5) is 70.2. The van der Waals surface area contributed by atoms with E-state index in [1.165, 1.54) is 0 Å². The zero-order valence-electron chi connectivity index (χ0n) is 50.6. The summed E-state index contributed by atoms with van der Waals surface area (Å²) in [7, 11) is 3.60. The Morgan fingerprint density at radius 3 is 1.43 bits per heavy atom. The molecule has 0 spiro atoms. The van der Waals surface area contributed by atoms with Gasteiger partial charge in [-0.3, -0.25) is 29.0 Å². The highest BCUT2D eigenvalue weighted by molar-refractivity contribution is 6.22. The summed E-state index contributed by atoms with van der Waals surface area (Å²) < 4.78 is 76.5. The quantitative estimate of drug-likeness (QED) is 0.0677. The summed E-state index contributed by atoms with van der Waals surface area (Å²) in [6.07, 6.45) is -14.6. The van der Waals surface area contributed by atoms with Crippen LogP contribution in [0.25, 0.3) is 0 Å². The lowest BCUT2D eigenvalue weighted by molar-refractivity contribution is -0.379. The van der Waals surface area contributed by atoms with E-state index in [2.05, 4.69) is 0 Å². The minimum absolute atomic E-state index is 0.00742. The molecular formula is C72H70N4O16. The number of carbonyl (C=O) groups excluding carboxylic acids is 4. The van der Waals surface area contributed by atoms with Crippen molar-refractivity contribution in [3.8, 4) is 0 Å². The van der Waals surface area contributed by atoms with Crippen LogP contribution in [0.2, 0.25) is 0 Å². The number of benzene rings is 7. The third-order valence-electron chi connectivity index (χ3n) is 18.0. The summed E-state index contributed by atoms with van der Waals surface area (Å²) >= 11 is 0. The summed E-state index contributed by atoms with van der Waals surface area (Å²) in [5.74, 6) is -3.30. The highest BCUT2D eigenvalue weighted by Crippen LogP contribution is 2.45. The highest BCUT2D eigenvalue weighted by atomic mass is 16.8. The van der Waals surface area contributed by atoms with E-state index >= 15 is 19.2 Å². The molecule has 4 amide bonds. The molecule has 1 aliphatic carbocycles. The molecule has 7 aromatic rings. The van der Waals surface area contributed by atoms with Crippen molar-refractivity contribution in [3.63, 3.8) is 0 Å². The number of aliphatic hydroxyl groups is 1. The van der Waals surface area contributed by atoms with Crippen molar-refractivity contribution in [2.75, 3.05) is 33.9 Å². The predicted octanol–water partition coefficient (Wildman–Crippen LogP) is 7.93. The molecule has 6 heterocycles. The topological polar surface area (TPSA) is 212 Å². The minimum Gasteiger partial charge on any atom is -0.459 e. The average molecular weight is 1250 g/mol. The van der Waals surface area contributed by atoms with Crippen molar-refractivity contribution in [2.45, 2.75) is 118 Å². The van der Waals surface area contributed by atoms with Gasteiger partial charge in [0.2, 0.25) is 0 Å². The lowest BCUT2D eigenvalue weighted by Gasteiger charge is -2.53. The molecule has 1 unspecified atom stereocenters. The molecule has 92 heavy (non-hydrogen) atoms. The van der Waals surface area contributed by atoms with Crippen molar-refractivity contribution < 1.29 is 76.4 Å². The number of amidine groups is 1. The van der Waals surface area contributed by atoms with Crippen LogP contribution in [-0.4, -0.2) is 169 Å².